The molecule has 0 fully saturated rings. The predicted molar refractivity (Wildman–Crippen MR) is 76.6 cm³/mol. The van der Waals surface area contributed by atoms with E-state index in [2.05, 4.69) is 36.2 Å². The minimum atomic E-state index is -0.920. The molecule has 0 aliphatic carbocycles. The van der Waals surface area contributed by atoms with Crippen molar-refractivity contribution in [1.29, 1.82) is 0 Å². The van der Waals surface area contributed by atoms with E-state index in [1.54, 1.807) is 17.8 Å². The van der Waals surface area contributed by atoms with Gasteiger partial charge >= 0.3 is 5.97 Å². The lowest BCUT2D eigenvalue weighted by molar-refractivity contribution is 0.0696. The van der Waals surface area contributed by atoms with Crippen molar-refractivity contribution in [3.8, 4) is 0 Å². The molecule has 3 nitrogen and oxygen atoms in total. The van der Waals surface area contributed by atoms with Gasteiger partial charge in [-0.3, -0.25) is 0 Å². The van der Waals surface area contributed by atoms with E-state index in [0.717, 1.165) is 17.2 Å². The van der Waals surface area contributed by atoms with Gasteiger partial charge in [0.15, 0.2) is 0 Å². The number of hydrogen-bond donors (Lipinski definition) is 1. The molecule has 0 saturated heterocycles. The lowest BCUT2D eigenvalue weighted by Gasteiger charge is -2.03. The van der Waals surface area contributed by atoms with Crippen molar-refractivity contribution in [1.82, 2.24) is 4.98 Å². The van der Waals surface area contributed by atoms with Crippen LogP contribution in [0.5, 0.6) is 0 Å². The fourth-order valence-electron chi connectivity index (χ4n) is 1.65. The number of aromatic nitrogens is 1. The maximum Gasteiger partial charge on any atom is 0.335 e. The first kappa shape index (κ1) is 13.6. The number of benzene rings is 1. The first-order chi connectivity index (χ1) is 9.19. The molecule has 1 heterocycles. The van der Waals surface area contributed by atoms with Gasteiger partial charge < -0.3 is 5.11 Å². The summed E-state index contributed by atoms with van der Waals surface area (Å²) in [6, 6.07) is 11.6. The van der Waals surface area contributed by atoms with Gasteiger partial charge in [-0.05, 0) is 29.7 Å². The minimum absolute atomic E-state index is 0.277. The standard InChI is InChI=1S/C15H15NO2S/c1-2-11-3-5-12(6-4-11)10-19-14-9-13(15(17)18)7-8-16-14/h3-9H,2,10H2,1H3,(H,17,18). The number of carboxylic acids is 1. The third kappa shape index (κ3) is 3.83. The van der Waals surface area contributed by atoms with E-state index >= 15 is 0 Å². The van der Waals surface area contributed by atoms with E-state index in [-0.39, 0.29) is 5.56 Å². The fraction of sp³-hybridized carbons (Fsp3) is 0.200. The number of nitrogens with zero attached hydrogens (tertiary/aromatic N) is 1. The van der Waals surface area contributed by atoms with Crippen LogP contribution < -0.4 is 0 Å². The molecule has 19 heavy (non-hydrogen) atoms. The molecule has 2 aromatic rings. The molecular formula is C15H15NO2S. The second kappa shape index (κ2) is 6.38. The zero-order valence-corrected chi connectivity index (χ0v) is 11.5. The van der Waals surface area contributed by atoms with Gasteiger partial charge in [0.1, 0.15) is 0 Å². The summed E-state index contributed by atoms with van der Waals surface area (Å²) in [6.45, 7) is 2.13. The molecule has 0 saturated carbocycles. The van der Waals surface area contributed by atoms with Gasteiger partial charge in [-0.2, -0.15) is 0 Å². The second-order valence-corrected chi connectivity index (χ2v) is 5.14. The Hall–Kier alpha value is -1.81. The van der Waals surface area contributed by atoms with E-state index < -0.39 is 5.97 Å². The van der Waals surface area contributed by atoms with Crippen molar-refractivity contribution in [2.45, 2.75) is 24.1 Å². The summed E-state index contributed by atoms with van der Waals surface area (Å²) >= 11 is 1.54. The Balaban J connectivity index is 2.01. The average Bonchev–Trinajstić information content (AvgIpc) is 2.46. The number of aryl methyl sites for hydroxylation is 1. The first-order valence-corrected chi connectivity index (χ1v) is 7.07. The summed E-state index contributed by atoms with van der Waals surface area (Å²) in [4.78, 5) is 15.0. The summed E-state index contributed by atoms with van der Waals surface area (Å²) in [6.07, 6.45) is 2.57. The topological polar surface area (TPSA) is 50.2 Å². The van der Waals surface area contributed by atoms with Crippen LogP contribution >= 0.6 is 11.8 Å². The maximum atomic E-state index is 10.9. The SMILES string of the molecule is CCc1ccc(CSc2cc(C(=O)O)ccn2)cc1. The van der Waals surface area contributed by atoms with Crippen LogP contribution in [0.15, 0.2) is 47.6 Å². The monoisotopic (exact) mass is 273 g/mol. The van der Waals surface area contributed by atoms with Crippen molar-refractivity contribution in [3.05, 3.63) is 59.3 Å². The molecule has 0 aliphatic heterocycles. The van der Waals surface area contributed by atoms with Gasteiger partial charge in [0.25, 0.3) is 0 Å². The molecule has 1 aromatic heterocycles. The largest absolute Gasteiger partial charge is 0.478 e. The lowest BCUT2D eigenvalue weighted by Crippen LogP contribution is -1.96. The Bertz CT molecular complexity index is 567. The highest BCUT2D eigenvalue weighted by Gasteiger charge is 2.04. The summed E-state index contributed by atoms with van der Waals surface area (Å²) in [5.41, 5.74) is 2.81. The minimum Gasteiger partial charge on any atom is -0.478 e. The number of thioether (sulfide) groups is 1. The summed E-state index contributed by atoms with van der Waals surface area (Å²) in [5.74, 6) is -0.128. The second-order valence-electron chi connectivity index (χ2n) is 4.15. The number of aromatic carboxylic acids is 1. The molecule has 0 aliphatic rings. The van der Waals surface area contributed by atoms with Crippen molar-refractivity contribution < 1.29 is 9.90 Å². The summed E-state index contributed by atoms with van der Waals surface area (Å²) in [5, 5.41) is 9.65. The molecule has 0 radical (unpaired) electrons. The lowest BCUT2D eigenvalue weighted by atomic mass is 10.1. The van der Waals surface area contributed by atoms with Crippen LogP contribution in [0.2, 0.25) is 0 Å². The third-order valence-electron chi connectivity index (χ3n) is 2.80. The summed E-state index contributed by atoms with van der Waals surface area (Å²) in [7, 11) is 0. The molecule has 0 amide bonds. The van der Waals surface area contributed by atoms with E-state index in [0.29, 0.717) is 0 Å². The quantitative estimate of drug-likeness (QED) is 0.845. The number of carboxylic acid groups (broad SMARTS) is 1. The van der Waals surface area contributed by atoms with Gasteiger partial charge in [-0.25, -0.2) is 9.78 Å². The van der Waals surface area contributed by atoms with Crippen molar-refractivity contribution in [3.63, 3.8) is 0 Å². The fourth-order valence-corrected chi connectivity index (χ4v) is 2.50. The number of carbonyl (C=O) groups is 1. The van der Waals surface area contributed by atoms with Crippen LogP contribution in [-0.4, -0.2) is 16.1 Å². The molecule has 0 atom stereocenters. The highest BCUT2D eigenvalue weighted by Crippen LogP contribution is 2.21. The Morgan fingerprint density at radius 1 is 1.21 bits per heavy atom. The van der Waals surface area contributed by atoms with Crippen LogP contribution in [0, 0.1) is 0 Å². The van der Waals surface area contributed by atoms with Crippen molar-refractivity contribution in [2.24, 2.45) is 0 Å². The van der Waals surface area contributed by atoms with Gasteiger partial charge in [0.2, 0.25) is 0 Å². The van der Waals surface area contributed by atoms with Crippen LogP contribution in [0.25, 0.3) is 0 Å². The number of pyridine rings is 1. The highest BCUT2D eigenvalue weighted by atomic mass is 32.2. The van der Waals surface area contributed by atoms with Gasteiger partial charge in [0, 0.05) is 11.9 Å². The van der Waals surface area contributed by atoms with E-state index in [1.807, 2.05) is 0 Å². The molecule has 1 aromatic carbocycles. The molecular weight excluding hydrogens is 258 g/mol. The smallest absolute Gasteiger partial charge is 0.335 e. The highest BCUT2D eigenvalue weighted by molar-refractivity contribution is 7.98. The Labute approximate surface area is 116 Å². The van der Waals surface area contributed by atoms with Crippen molar-refractivity contribution in [2.75, 3.05) is 0 Å². The van der Waals surface area contributed by atoms with E-state index in [1.165, 1.54) is 23.4 Å². The zero-order valence-electron chi connectivity index (χ0n) is 10.7. The van der Waals surface area contributed by atoms with Crippen LogP contribution in [0.1, 0.15) is 28.4 Å². The molecule has 0 unspecified atom stereocenters. The normalized spacial score (nSPS) is 10.4. The third-order valence-corrected chi connectivity index (χ3v) is 3.80. The Kier molecular flexibility index (Phi) is 4.58. The number of hydrogen-bond acceptors (Lipinski definition) is 3. The first-order valence-electron chi connectivity index (χ1n) is 6.09. The van der Waals surface area contributed by atoms with E-state index in [9.17, 15) is 4.79 Å². The maximum absolute atomic E-state index is 10.9. The molecule has 2 rings (SSSR count). The molecule has 4 heteroatoms. The van der Waals surface area contributed by atoms with Crippen LogP contribution in [0.3, 0.4) is 0 Å². The van der Waals surface area contributed by atoms with Gasteiger partial charge in [-0.1, -0.05) is 31.2 Å². The predicted octanol–water partition coefficient (Wildman–Crippen LogP) is 3.63. The van der Waals surface area contributed by atoms with Gasteiger partial charge in [-0.15, -0.1) is 11.8 Å². The Morgan fingerprint density at radius 3 is 2.53 bits per heavy atom. The molecule has 1 N–H and O–H groups in total. The zero-order chi connectivity index (χ0) is 13.7. The van der Waals surface area contributed by atoms with Crippen molar-refractivity contribution >= 4 is 17.7 Å². The van der Waals surface area contributed by atoms with Crippen LogP contribution in [-0.2, 0) is 12.2 Å². The Morgan fingerprint density at radius 2 is 1.89 bits per heavy atom. The average molecular weight is 273 g/mol. The molecule has 0 spiro atoms. The van der Waals surface area contributed by atoms with Gasteiger partial charge in [0.05, 0.1) is 10.6 Å². The number of rotatable bonds is 5. The molecule has 0 bridgehead atoms. The van der Waals surface area contributed by atoms with E-state index in [4.69, 9.17) is 5.11 Å². The van der Waals surface area contributed by atoms with Crippen LogP contribution in [0.4, 0.5) is 0 Å². The summed E-state index contributed by atoms with van der Waals surface area (Å²) < 4.78 is 0. The molecule has 98 valence electrons.